The first kappa shape index (κ1) is 28.7. The van der Waals surface area contributed by atoms with E-state index >= 15 is 0 Å². The molecule has 4 aromatic rings. The Hall–Kier alpha value is -4.29. The number of aromatic nitrogens is 4. The van der Waals surface area contributed by atoms with E-state index in [1.807, 2.05) is 54.6 Å². The molecule has 4 rings (SSSR count). The van der Waals surface area contributed by atoms with E-state index in [0.717, 1.165) is 52.4 Å². The molecule has 2 amide bonds. The molecule has 40 heavy (non-hydrogen) atoms. The lowest BCUT2D eigenvalue weighted by atomic mass is 10.1. The molecule has 10 nitrogen and oxygen atoms in total. The van der Waals surface area contributed by atoms with Crippen molar-refractivity contribution in [2.24, 2.45) is 10.7 Å². The van der Waals surface area contributed by atoms with E-state index in [-0.39, 0.29) is 18.2 Å². The van der Waals surface area contributed by atoms with Crippen LogP contribution in [0, 0.1) is 0 Å². The van der Waals surface area contributed by atoms with E-state index in [4.69, 9.17) is 5.73 Å². The average Bonchev–Trinajstić information content (AvgIpc) is 3.59. The Morgan fingerprint density at radius 2 is 1.35 bits per heavy atom. The Labute approximate surface area is 240 Å². The minimum Gasteiger partial charge on any atom is -0.405 e. The van der Waals surface area contributed by atoms with Gasteiger partial charge in [-0.15, -0.1) is 20.4 Å². The van der Waals surface area contributed by atoms with Crippen LogP contribution >= 0.6 is 22.7 Å². The van der Waals surface area contributed by atoms with Gasteiger partial charge in [-0.2, -0.15) is 0 Å². The Balaban J connectivity index is 1.15. The van der Waals surface area contributed by atoms with Gasteiger partial charge < -0.3 is 16.4 Å². The van der Waals surface area contributed by atoms with E-state index in [0.29, 0.717) is 23.2 Å². The highest BCUT2D eigenvalue weighted by Crippen LogP contribution is 2.20. The fraction of sp³-hybridized carbons (Fsp3) is 0.250. The van der Waals surface area contributed by atoms with Gasteiger partial charge in [-0.05, 0) is 41.8 Å². The molecule has 4 N–H and O–H groups in total. The summed E-state index contributed by atoms with van der Waals surface area (Å²) < 4.78 is 0. The summed E-state index contributed by atoms with van der Waals surface area (Å²) in [5.74, 6) is -0.249. The zero-order valence-corrected chi connectivity index (χ0v) is 23.5. The number of hydrogen-bond donors (Lipinski definition) is 3. The maximum Gasteiger partial charge on any atom is 0.230 e. The number of nitrogens with two attached hydrogens (primary N) is 1. The summed E-state index contributed by atoms with van der Waals surface area (Å²) in [4.78, 5) is 29.0. The molecule has 0 aliphatic carbocycles. The maximum atomic E-state index is 12.5. The number of benzene rings is 2. The van der Waals surface area contributed by atoms with Gasteiger partial charge in [-0.3, -0.25) is 14.6 Å². The number of hydrogen-bond acceptors (Lipinski definition) is 10. The van der Waals surface area contributed by atoms with Crippen LogP contribution in [0.25, 0.3) is 0 Å². The minimum atomic E-state index is -0.141. The molecule has 0 saturated carbocycles. The quantitative estimate of drug-likeness (QED) is 0.150. The van der Waals surface area contributed by atoms with Crippen LogP contribution in [-0.4, -0.2) is 38.4 Å². The lowest BCUT2D eigenvalue weighted by molar-refractivity contribution is -0.116. The van der Waals surface area contributed by atoms with Crippen LogP contribution < -0.4 is 16.4 Å². The van der Waals surface area contributed by atoms with E-state index in [1.54, 1.807) is 12.3 Å². The molecule has 0 aliphatic heterocycles. The second-order valence-electron chi connectivity index (χ2n) is 8.84. The van der Waals surface area contributed by atoms with Gasteiger partial charge in [-0.1, -0.05) is 77.3 Å². The fourth-order valence-corrected chi connectivity index (χ4v) is 5.36. The average molecular weight is 575 g/mol. The Bertz CT molecular complexity index is 1450. The zero-order chi connectivity index (χ0) is 28.0. The lowest BCUT2D eigenvalue weighted by Gasteiger charge is -2.04. The van der Waals surface area contributed by atoms with Crippen LogP contribution in [0.4, 0.5) is 10.3 Å². The number of carbonyl (C=O) groups is 2. The number of anilines is 2. The van der Waals surface area contributed by atoms with E-state index < -0.39 is 0 Å². The molecule has 2 heterocycles. The molecule has 0 atom stereocenters. The van der Waals surface area contributed by atoms with Gasteiger partial charge in [0.05, 0.1) is 19.4 Å². The van der Waals surface area contributed by atoms with Crippen molar-refractivity contribution >= 4 is 51.0 Å². The number of rotatable bonds is 14. The number of amides is 2. The number of nitrogens with zero attached hydrogens (tertiary/aromatic N) is 5. The van der Waals surface area contributed by atoms with Gasteiger partial charge in [-0.25, -0.2) is 0 Å². The molecule has 2 aromatic carbocycles. The third kappa shape index (κ3) is 9.79. The molecule has 0 unspecified atom stereocenters. The summed E-state index contributed by atoms with van der Waals surface area (Å²) in [6.07, 6.45) is 8.61. The summed E-state index contributed by atoms with van der Waals surface area (Å²) in [5, 5.41) is 25.0. The number of allylic oxidation sites excluding steroid dienone is 1. The van der Waals surface area contributed by atoms with Crippen molar-refractivity contribution in [1.82, 2.24) is 20.4 Å². The molecule has 0 bridgehead atoms. The standard InChI is InChI=1S/C28H30N8O2S2/c29-14-7-15-30-19-22-11-6-10-21(16-22)18-24(38)32-28-36-34-26(40-28)13-5-4-12-25-33-35-27(39-25)31-23(37)17-20-8-2-1-3-9-20/h1-3,6-11,14-16H,4-5,12-13,17-19,29H2,(H,31,35,37)(H,32,36,38)/b14-7-,30-15?. The van der Waals surface area contributed by atoms with Gasteiger partial charge >= 0.3 is 0 Å². The molecule has 0 aliphatic rings. The topological polar surface area (TPSA) is 148 Å². The molecule has 2 aromatic heterocycles. The highest BCUT2D eigenvalue weighted by molar-refractivity contribution is 7.15. The van der Waals surface area contributed by atoms with Gasteiger partial charge in [0.25, 0.3) is 0 Å². The normalized spacial score (nSPS) is 11.3. The molecular formula is C28H30N8O2S2. The van der Waals surface area contributed by atoms with Crippen LogP contribution in [-0.2, 0) is 41.8 Å². The number of unbranched alkanes of at least 4 members (excludes halogenated alkanes) is 1. The summed E-state index contributed by atoms with van der Waals surface area (Å²) in [6.45, 7) is 0.519. The predicted octanol–water partition coefficient (Wildman–Crippen LogP) is 4.36. The van der Waals surface area contributed by atoms with Crippen LogP contribution in [0.2, 0.25) is 0 Å². The van der Waals surface area contributed by atoms with Crippen LogP contribution in [0.5, 0.6) is 0 Å². The minimum absolute atomic E-state index is 0.108. The van der Waals surface area contributed by atoms with Crippen molar-refractivity contribution in [3.63, 3.8) is 0 Å². The Morgan fingerprint density at radius 1 is 0.775 bits per heavy atom. The third-order valence-electron chi connectivity index (χ3n) is 5.60. The first-order valence-electron chi connectivity index (χ1n) is 12.8. The summed E-state index contributed by atoms with van der Waals surface area (Å²) in [7, 11) is 0. The fourth-order valence-electron chi connectivity index (χ4n) is 3.76. The maximum absolute atomic E-state index is 12.5. The molecular weight excluding hydrogens is 544 g/mol. The zero-order valence-electron chi connectivity index (χ0n) is 21.8. The van der Waals surface area contributed by atoms with Crippen molar-refractivity contribution in [3.8, 4) is 0 Å². The van der Waals surface area contributed by atoms with Crippen molar-refractivity contribution in [2.45, 2.75) is 45.1 Å². The number of aliphatic imine (C=N–C) groups is 1. The van der Waals surface area contributed by atoms with E-state index in [1.165, 1.54) is 28.9 Å². The van der Waals surface area contributed by atoms with Crippen LogP contribution in [0.15, 0.2) is 71.9 Å². The smallest absolute Gasteiger partial charge is 0.230 e. The SMILES string of the molecule is N/C=C\C=NCc1cccc(CC(=O)Nc2nnc(CCCCc3nnc(NC(=O)Cc4ccccc4)s3)s2)c1. The van der Waals surface area contributed by atoms with Gasteiger partial charge in [0.2, 0.25) is 22.1 Å². The highest BCUT2D eigenvalue weighted by Gasteiger charge is 2.11. The van der Waals surface area contributed by atoms with E-state index in [9.17, 15) is 9.59 Å². The van der Waals surface area contributed by atoms with Crippen LogP contribution in [0.1, 0.15) is 39.5 Å². The van der Waals surface area contributed by atoms with Gasteiger partial charge in [0.15, 0.2) is 0 Å². The number of aryl methyl sites for hydroxylation is 2. The van der Waals surface area contributed by atoms with Gasteiger partial charge in [0, 0.05) is 19.1 Å². The first-order valence-corrected chi connectivity index (χ1v) is 14.4. The molecule has 0 radical (unpaired) electrons. The molecule has 206 valence electrons. The largest absolute Gasteiger partial charge is 0.405 e. The molecule has 0 saturated heterocycles. The lowest BCUT2D eigenvalue weighted by Crippen LogP contribution is -2.14. The highest BCUT2D eigenvalue weighted by atomic mass is 32.1. The Kier molecular flexibility index (Phi) is 11.0. The van der Waals surface area contributed by atoms with Crippen molar-refractivity contribution in [2.75, 3.05) is 10.6 Å². The second-order valence-corrected chi connectivity index (χ2v) is 11.0. The van der Waals surface area contributed by atoms with Crippen molar-refractivity contribution in [1.29, 1.82) is 0 Å². The predicted molar refractivity (Wildman–Crippen MR) is 160 cm³/mol. The van der Waals surface area contributed by atoms with Crippen molar-refractivity contribution < 1.29 is 9.59 Å². The molecule has 12 heteroatoms. The monoisotopic (exact) mass is 574 g/mol. The summed E-state index contributed by atoms with van der Waals surface area (Å²) >= 11 is 2.78. The second kappa shape index (κ2) is 15.3. The summed E-state index contributed by atoms with van der Waals surface area (Å²) in [5.41, 5.74) is 8.17. The number of carbonyl (C=O) groups excluding carboxylic acids is 2. The van der Waals surface area contributed by atoms with E-state index in [2.05, 4.69) is 36.0 Å². The van der Waals surface area contributed by atoms with Gasteiger partial charge in [0.1, 0.15) is 10.0 Å². The molecule has 0 spiro atoms. The third-order valence-corrected chi connectivity index (χ3v) is 7.39. The molecule has 0 fully saturated rings. The van der Waals surface area contributed by atoms with Crippen LogP contribution in [0.3, 0.4) is 0 Å². The number of nitrogens with one attached hydrogen (secondary N) is 2. The first-order chi connectivity index (χ1) is 19.6. The Morgan fingerprint density at radius 3 is 1.98 bits per heavy atom. The van der Waals surface area contributed by atoms with Crippen molar-refractivity contribution in [3.05, 3.63) is 93.6 Å². The summed E-state index contributed by atoms with van der Waals surface area (Å²) in [6, 6.07) is 17.3.